The van der Waals surface area contributed by atoms with Crippen molar-refractivity contribution in [2.75, 3.05) is 6.54 Å². The number of hydrogen-bond acceptors (Lipinski definition) is 3. The summed E-state index contributed by atoms with van der Waals surface area (Å²) < 4.78 is 0. The highest BCUT2D eigenvalue weighted by atomic mass is 16.4. The van der Waals surface area contributed by atoms with Crippen LogP contribution in [0.1, 0.15) is 32.1 Å². The minimum Gasteiger partial charge on any atom is -0.481 e. The van der Waals surface area contributed by atoms with E-state index in [1.807, 2.05) is 0 Å². The fraction of sp³-hybridized carbons (Fsp3) is 0.875. The molecule has 0 saturated carbocycles. The fourth-order valence-corrected chi connectivity index (χ4v) is 1.42. The Morgan fingerprint density at radius 3 is 2.92 bits per heavy atom. The Kier molecular flexibility index (Phi) is 4.04. The molecule has 0 aliphatic carbocycles. The third kappa shape index (κ3) is 3.69. The molecule has 70 valence electrons. The molecule has 0 bridgehead atoms. The van der Waals surface area contributed by atoms with Crippen LogP contribution in [-0.2, 0) is 4.79 Å². The van der Waals surface area contributed by atoms with E-state index in [1.165, 1.54) is 0 Å². The maximum absolute atomic E-state index is 10.2. The van der Waals surface area contributed by atoms with Gasteiger partial charge in [0.25, 0.3) is 0 Å². The molecule has 0 radical (unpaired) electrons. The summed E-state index contributed by atoms with van der Waals surface area (Å²) in [5, 5.41) is 8.38. The molecule has 1 atom stereocenters. The molecule has 3 N–H and O–H groups in total. The van der Waals surface area contributed by atoms with Gasteiger partial charge in [0.2, 0.25) is 0 Å². The molecule has 1 aliphatic rings. The summed E-state index contributed by atoms with van der Waals surface area (Å²) in [6, 6.07) is 0.554. The summed E-state index contributed by atoms with van der Waals surface area (Å²) in [6.45, 7) is 1.03. The van der Waals surface area contributed by atoms with Crippen molar-refractivity contribution in [3.63, 3.8) is 0 Å². The largest absolute Gasteiger partial charge is 0.481 e. The summed E-state index contributed by atoms with van der Waals surface area (Å²) in [5.41, 5.74) is 6.20. The van der Waals surface area contributed by atoms with Gasteiger partial charge < -0.3 is 5.11 Å². The molecule has 0 aromatic rings. The van der Waals surface area contributed by atoms with E-state index in [0.29, 0.717) is 12.5 Å². The lowest BCUT2D eigenvalue weighted by Crippen LogP contribution is -2.29. The lowest BCUT2D eigenvalue weighted by Gasteiger charge is -2.07. The summed E-state index contributed by atoms with van der Waals surface area (Å²) >= 11 is 0. The van der Waals surface area contributed by atoms with Gasteiger partial charge in [-0.3, -0.25) is 15.6 Å². The standard InChI is InChI=1S/C8H16N2O2/c11-8(12)4-2-1-3-7-5-6-9-10-7/h7,9-10H,1-6H2,(H,11,12)/t7-/m1/s1. The zero-order valence-corrected chi connectivity index (χ0v) is 7.18. The topological polar surface area (TPSA) is 61.4 Å². The molecule has 1 rings (SSSR count). The second kappa shape index (κ2) is 5.11. The van der Waals surface area contributed by atoms with E-state index in [4.69, 9.17) is 5.11 Å². The smallest absolute Gasteiger partial charge is 0.303 e. The molecular weight excluding hydrogens is 156 g/mol. The molecule has 0 unspecified atom stereocenters. The number of hydrazine groups is 1. The maximum Gasteiger partial charge on any atom is 0.303 e. The van der Waals surface area contributed by atoms with E-state index in [9.17, 15) is 4.79 Å². The Bertz CT molecular complexity index is 144. The van der Waals surface area contributed by atoms with Crippen molar-refractivity contribution in [1.82, 2.24) is 10.9 Å². The zero-order valence-electron chi connectivity index (χ0n) is 7.18. The highest BCUT2D eigenvalue weighted by molar-refractivity contribution is 5.66. The molecule has 1 fully saturated rings. The first-order valence-electron chi connectivity index (χ1n) is 4.49. The van der Waals surface area contributed by atoms with Crippen LogP contribution in [0.4, 0.5) is 0 Å². The van der Waals surface area contributed by atoms with Crippen LogP contribution in [0.15, 0.2) is 0 Å². The van der Waals surface area contributed by atoms with E-state index in [2.05, 4.69) is 10.9 Å². The quantitative estimate of drug-likeness (QED) is 0.528. The summed E-state index contributed by atoms with van der Waals surface area (Å²) in [6.07, 6.45) is 4.35. The fourth-order valence-electron chi connectivity index (χ4n) is 1.42. The van der Waals surface area contributed by atoms with Crippen molar-refractivity contribution in [3.8, 4) is 0 Å². The van der Waals surface area contributed by atoms with Crippen LogP contribution in [0.3, 0.4) is 0 Å². The van der Waals surface area contributed by atoms with Gasteiger partial charge in [-0.25, -0.2) is 0 Å². The molecule has 1 aliphatic heterocycles. The van der Waals surface area contributed by atoms with Gasteiger partial charge in [0.05, 0.1) is 0 Å². The number of aliphatic carboxylic acids is 1. The Balaban J connectivity index is 1.91. The average Bonchev–Trinajstić information content (AvgIpc) is 2.49. The normalized spacial score (nSPS) is 22.8. The van der Waals surface area contributed by atoms with Crippen molar-refractivity contribution in [2.45, 2.75) is 38.1 Å². The van der Waals surface area contributed by atoms with Crippen LogP contribution in [0, 0.1) is 0 Å². The molecular formula is C8H16N2O2. The van der Waals surface area contributed by atoms with Gasteiger partial charge in [-0.1, -0.05) is 6.42 Å². The van der Waals surface area contributed by atoms with Gasteiger partial charge in [0.15, 0.2) is 0 Å². The minimum absolute atomic E-state index is 0.306. The van der Waals surface area contributed by atoms with E-state index in [0.717, 1.165) is 32.2 Å². The summed E-state index contributed by atoms with van der Waals surface area (Å²) in [7, 11) is 0. The molecule has 4 heteroatoms. The van der Waals surface area contributed by atoms with Gasteiger partial charge in [-0.05, 0) is 19.3 Å². The van der Waals surface area contributed by atoms with Gasteiger partial charge in [0, 0.05) is 19.0 Å². The van der Waals surface area contributed by atoms with Crippen LogP contribution < -0.4 is 10.9 Å². The van der Waals surface area contributed by atoms with E-state index in [1.54, 1.807) is 0 Å². The predicted molar refractivity (Wildman–Crippen MR) is 45.6 cm³/mol. The molecule has 1 heterocycles. The Labute approximate surface area is 72.3 Å². The molecule has 12 heavy (non-hydrogen) atoms. The number of unbranched alkanes of at least 4 members (excludes halogenated alkanes) is 1. The summed E-state index contributed by atoms with van der Waals surface area (Å²) in [4.78, 5) is 10.2. The average molecular weight is 172 g/mol. The second-order valence-corrected chi connectivity index (χ2v) is 3.20. The van der Waals surface area contributed by atoms with Crippen LogP contribution in [0.5, 0.6) is 0 Å². The van der Waals surface area contributed by atoms with Crippen molar-refractivity contribution < 1.29 is 9.90 Å². The number of hydrogen-bond donors (Lipinski definition) is 3. The minimum atomic E-state index is -0.687. The second-order valence-electron chi connectivity index (χ2n) is 3.20. The number of rotatable bonds is 5. The van der Waals surface area contributed by atoms with Crippen LogP contribution in [0.2, 0.25) is 0 Å². The lowest BCUT2D eigenvalue weighted by atomic mass is 10.1. The third-order valence-electron chi connectivity index (χ3n) is 2.12. The van der Waals surface area contributed by atoms with Crippen molar-refractivity contribution in [1.29, 1.82) is 0 Å². The molecule has 0 aromatic carbocycles. The Morgan fingerprint density at radius 1 is 1.50 bits per heavy atom. The van der Waals surface area contributed by atoms with Crippen LogP contribution in [0.25, 0.3) is 0 Å². The van der Waals surface area contributed by atoms with E-state index >= 15 is 0 Å². The number of carbonyl (C=O) groups is 1. The van der Waals surface area contributed by atoms with Crippen LogP contribution >= 0.6 is 0 Å². The van der Waals surface area contributed by atoms with E-state index < -0.39 is 5.97 Å². The SMILES string of the molecule is O=C(O)CCCC[C@@H]1CCNN1. The first-order valence-corrected chi connectivity index (χ1v) is 4.49. The molecule has 0 amide bonds. The Hall–Kier alpha value is -0.610. The van der Waals surface area contributed by atoms with Gasteiger partial charge in [-0.15, -0.1) is 0 Å². The molecule has 1 saturated heterocycles. The molecule has 0 spiro atoms. The lowest BCUT2D eigenvalue weighted by molar-refractivity contribution is -0.137. The highest BCUT2D eigenvalue weighted by Crippen LogP contribution is 2.08. The van der Waals surface area contributed by atoms with Gasteiger partial charge >= 0.3 is 5.97 Å². The van der Waals surface area contributed by atoms with E-state index in [-0.39, 0.29) is 0 Å². The zero-order chi connectivity index (χ0) is 8.81. The maximum atomic E-state index is 10.2. The third-order valence-corrected chi connectivity index (χ3v) is 2.12. The predicted octanol–water partition coefficient (Wildman–Crippen LogP) is 0.498. The first-order chi connectivity index (χ1) is 5.79. The van der Waals surface area contributed by atoms with Crippen molar-refractivity contribution >= 4 is 5.97 Å². The number of carboxylic acid groups (broad SMARTS) is 1. The van der Waals surface area contributed by atoms with Crippen molar-refractivity contribution in [3.05, 3.63) is 0 Å². The van der Waals surface area contributed by atoms with Gasteiger partial charge in [-0.2, -0.15) is 0 Å². The van der Waals surface area contributed by atoms with Crippen molar-refractivity contribution in [2.24, 2.45) is 0 Å². The summed E-state index contributed by atoms with van der Waals surface area (Å²) in [5.74, 6) is -0.687. The van der Waals surface area contributed by atoms with Crippen LogP contribution in [-0.4, -0.2) is 23.7 Å². The Morgan fingerprint density at radius 2 is 2.33 bits per heavy atom. The first kappa shape index (κ1) is 9.48. The monoisotopic (exact) mass is 172 g/mol. The number of nitrogens with one attached hydrogen (secondary N) is 2. The number of carboxylic acids is 1. The highest BCUT2D eigenvalue weighted by Gasteiger charge is 2.12. The molecule has 0 aromatic heterocycles. The molecule has 4 nitrogen and oxygen atoms in total. The van der Waals surface area contributed by atoms with Gasteiger partial charge in [0.1, 0.15) is 0 Å².